The number of carbonyl (C=O) groups excluding carboxylic acids is 2. The average Bonchev–Trinajstić information content (AvgIpc) is 2.89. The number of rotatable bonds is 5. The number of aromatic hydroxyl groups is 2. The number of phenolic OH excluding ortho intramolecular Hbond substituents is 2. The number of methoxy groups -OCH3 is 1. The van der Waals surface area contributed by atoms with E-state index in [0.717, 1.165) is 0 Å². The van der Waals surface area contributed by atoms with Gasteiger partial charge in [-0.2, -0.15) is 0 Å². The molecule has 2 rings (SSSR count). The van der Waals surface area contributed by atoms with Crippen LogP contribution < -0.4 is 16.4 Å². The number of hydrogen-bond donors (Lipinski definition) is 6. The van der Waals surface area contributed by atoms with Crippen molar-refractivity contribution in [2.45, 2.75) is 59.4 Å². The number of primary amides is 1. The molecule has 1 aromatic rings. The van der Waals surface area contributed by atoms with Crippen LogP contribution >= 0.6 is 0 Å². The molecular weight excluding hydrogens is 514 g/mol. The SMILES string of the molecule is C=CCNc1c(O)cc2c(O)c1C[C@@H](C)[C@H](OC)[C@H](O)[C@@H](C)/C=C(\C)[C@H](OC(N)=O)[C@@H](C)/C=C\C=C(/C)C(=O)N2. The monoisotopic (exact) mass is 557 g/mol. The summed E-state index contributed by atoms with van der Waals surface area (Å²) < 4.78 is 11.1. The maximum absolute atomic E-state index is 12.9. The number of nitrogens with two attached hydrogens (primary N) is 1. The van der Waals surface area contributed by atoms with E-state index in [4.69, 9.17) is 15.2 Å². The highest BCUT2D eigenvalue weighted by Gasteiger charge is 2.32. The Balaban J connectivity index is 2.70. The summed E-state index contributed by atoms with van der Waals surface area (Å²) in [5.41, 5.74) is 7.05. The average molecular weight is 558 g/mol. The number of anilines is 2. The van der Waals surface area contributed by atoms with Gasteiger partial charge in [-0.3, -0.25) is 4.79 Å². The molecule has 1 aliphatic rings. The van der Waals surface area contributed by atoms with Gasteiger partial charge in [-0.05, 0) is 31.8 Å². The van der Waals surface area contributed by atoms with E-state index in [1.807, 2.05) is 26.8 Å². The normalized spacial score (nSPS) is 29.8. The number of nitrogens with one attached hydrogen (secondary N) is 2. The van der Waals surface area contributed by atoms with E-state index in [1.54, 1.807) is 38.2 Å². The van der Waals surface area contributed by atoms with Gasteiger partial charge in [-0.15, -0.1) is 6.58 Å². The Labute approximate surface area is 236 Å². The van der Waals surface area contributed by atoms with Gasteiger partial charge in [0, 0.05) is 42.7 Å². The Morgan fingerprint density at radius 1 is 1.25 bits per heavy atom. The zero-order valence-corrected chi connectivity index (χ0v) is 24.1. The van der Waals surface area contributed by atoms with Crippen molar-refractivity contribution >= 4 is 23.4 Å². The molecule has 0 saturated heterocycles. The number of aliphatic hydroxyl groups excluding tert-OH is 1. The van der Waals surface area contributed by atoms with Crippen molar-refractivity contribution in [1.82, 2.24) is 0 Å². The van der Waals surface area contributed by atoms with Gasteiger partial charge in [0.05, 0.1) is 23.6 Å². The molecule has 2 bridgehead atoms. The Hall–Kier alpha value is -3.76. The van der Waals surface area contributed by atoms with Crippen LogP contribution in [0.25, 0.3) is 0 Å². The summed E-state index contributed by atoms with van der Waals surface area (Å²) in [4.78, 5) is 24.6. The minimum Gasteiger partial charge on any atom is -0.506 e. The third kappa shape index (κ3) is 8.12. The summed E-state index contributed by atoms with van der Waals surface area (Å²) in [6.45, 7) is 12.9. The molecule has 10 heteroatoms. The second-order valence-corrected chi connectivity index (χ2v) is 10.4. The van der Waals surface area contributed by atoms with Gasteiger partial charge in [-0.25, -0.2) is 4.79 Å². The molecule has 0 aromatic heterocycles. The Morgan fingerprint density at radius 3 is 2.52 bits per heavy atom. The number of benzene rings is 1. The number of aliphatic hydroxyl groups is 1. The summed E-state index contributed by atoms with van der Waals surface area (Å²) in [5.74, 6) is -1.92. The third-order valence-corrected chi connectivity index (χ3v) is 7.10. The topological polar surface area (TPSA) is 163 Å². The number of allylic oxidation sites excluding steroid dienone is 2. The Kier molecular flexibility index (Phi) is 11.8. The number of phenols is 2. The predicted molar refractivity (Wildman–Crippen MR) is 156 cm³/mol. The summed E-state index contributed by atoms with van der Waals surface area (Å²) in [5, 5.41) is 39.1. The van der Waals surface area contributed by atoms with E-state index in [1.165, 1.54) is 13.2 Å². The van der Waals surface area contributed by atoms with Crippen molar-refractivity contribution < 1.29 is 34.4 Å². The molecule has 0 fully saturated rings. The van der Waals surface area contributed by atoms with Crippen LogP contribution in [0.3, 0.4) is 0 Å². The molecule has 1 aromatic carbocycles. The zero-order chi connectivity index (χ0) is 30.1. The summed E-state index contributed by atoms with van der Waals surface area (Å²) in [6, 6.07) is 1.28. The molecule has 0 spiro atoms. The smallest absolute Gasteiger partial charge is 0.405 e. The van der Waals surface area contributed by atoms with Crippen LogP contribution in [0.1, 0.15) is 40.2 Å². The van der Waals surface area contributed by atoms with E-state index in [9.17, 15) is 24.9 Å². The minimum absolute atomic E-state index is 0.0384. The maximum atomic E-state index is 12.9. The zero-order valence-electron chi connectivity index (χ0n) is 24.1. The highest BCUT2D eigenvalue weighted by atomic mass is 16.6. The predicted octanol–water partition coefficient (Wildman–Crippen LogP) is 4.39. The fraction of sp³-hybridized carbons (Fsp3) is 0.467. The standard InChI is InChI=1S/C30H43N3O7/c1-8-12-32-24-21-14-20(6)28(39-7)25(35)18(4)13-19(5)27(40-30(31)38)16(2)10-9-11-17(3)29(37)33-22(26(21)36)15-23(24)34/h8-11,13,15-16,18,20,25,27-28,32,34-36H,1,12,14H2,2-7H3,(H2,31,38)(H,33,37)/b10-9-,17-11+,19-13+/t16-,18-,20+,25+,27+,28-/m0/s1. The van der Waals surface area contributed by atoms with Crippen LogP contribution in [-0.2, 0) is 20.7 Å². The summed E-state index contributed by atoms with van der Waals surface area (Å²) in [7, 11) is 1.49. The number of carbonyl (C=O) groups is 2. The van der Waals surface area contributed by atoms with Crippen molar-refractivity contribution in [2.24, 2.45) is 23.5 Å². The summed E-state index contributed by atoms with van der Waals surface area (Å²) >= 11 is 0. The van der Waals surface area contributed by atoms with Crippen molar-refractivity contribution in [2.75, 3.05) is 24.3 Å². The molecule has 6 atom stereocenters. The van der Waals surface area contributed by atoms with E-state index in [0.29, 0.717) is 28.9 Å². The van der Waals surface area contributed by atoms with Gasteiger partial charge >= 0.3 is 6.09 Å². The van der Waals surface area contributed by atoms with Crippen LogP contribution in [0.2, 0.25) is 0 Å². The largest absolute Gasteiger partial charge is 0.506 e. The molecular formula is C30H43N3O7. The van der Waals surface area contributed by atoms with Crippen LogP contribution in [0.5, 0.6) is 11.5 Å². The number of hydrogen-bond acceptors (Lipinski definition) is 8. The lowest BCUT2D eigenvalue weighted by molar-refractivity contribution is -0.112. The quantitative estimate of drug-likeness (QED) is 0.176. The summed E-state index contributed by atoms with van der Waals surface area (Å²) in [6.07, 6.45) is 5.38. The highest BCUT2D eigenvalue weighted by Crippen LogP contribution is 2.42. The first kappa shape index (κ1) is 32.5. The third-order valence-electron chi connectivity index (χ3n) is 7.10. The maximum Gasteiger partial charge on any atom is 0.405 e. The molecule has 40 heavy (non-hydrogen) atoms. The highest BCUT2D eigenvalue weighted by molar-refractivity contribution is 6.04. The molecule has 0 radical (unpaired) electrons. The van der Waals surface area contributed by atoms with Gasteiger partial charge in [0.1, 0.15) is 17.6 Å². The first-order valence-electron chi connectivity index (χ1n) is 13.3. The molecule has 1 heterocycles. The van der Waals surface area contributed by atoms with Gasteiger partial charge < -0.3 is 41.2 Å². The van der Waals surface area contributed by atoms with Gasteiger partial charge in [-0.1, -0.05) is 51.2 Å². The number of amides is 2. The van der Waals surface area contributed by atoms with Crippen LogP contribution in [0.15, 0.2) is 54.2 Å². The van der Waals surface area contributed by atoms with Gasteiger partial charge in [0.25, 0.3) is 5.91 Å². The van der Waals surface area contributed by atoms with E-state index in [2.05, 4.69) is 17.2 Å². The molecule has 7 N–H and O–H groups in total. The van der Waals surface area contributed by atoms with E-state index >= 15 is 0 Å². The minimum atomic E-state index is -0.970. The lowest BCUT2D eigenvalue weighted by Gasteiger charge is -2.32. The Bertz CT molecular complexity index is 1170. The fourth-order valence-corrected chi connectivity index (χ4v) is 4.94. The first-order chi connectivity index (χ1) is 18.8. The van der Waals surface area contributed by atoms with E-state index in [-0.39, 0.29) is 35.4 Å². The van der Waals surface area contributed by atoms with E-state index < -0.39 is 36.2 Å². The lowest BCUT2D eigenvalue weighted by atomic mass is 9.85. The lowest BCUT2D eigenvalue weighted by Crippen LogP contribution is -2.39. The molecule has 2 amide bonds. The molecule has 1 aliphatic heterocycles. The van der Waals surface area contributed by atoms with Gasteiger partial charge in [0.15, 0.2) is 0 Å². The second kappa shape index (κ2) is 14.6. The van der Waals surface area contributed by atoms with Crippen LogP contribution in [0, 0.1) is 17.8 Å². The molecule has 0 saturated carbocycles. The van der Waals surface area contributed by atoms with Crippen LogP contribution in [-0.4, -0.2) is 59.3 Å². The second-order valence-electron chi connectivity index (χ2n) is 10.4. The van der Waals surface area contributed by atoms with Crippen molar-refractivity contribution in [3.05, 3.63) is 59.7 Å². The van der Waals surface area contributed by atoms with Crippen molar-refractivity contribution in [3.63, 3.8) is 0 Å². The van der Waals surface area contributed by atoms with Crippen LogP contribution in [0.4, 0.5) is 16.2 Å². The molecule has 220 valence electrons. The van der Waals surface area contributed by atoms with Crippen molar-refractivity contribution in [1.29, 1.82) is 0 Å². The van der Waals surface area contributed by atoms with Crippen molar-refractivity contribution in [3.8, 4) is 11.5 Å². The number of fused-ring (bicyclic) bond motifs is 2. The van der Waals surface area contributed by atoms with Gasteiger partial charge in [0.2, 0.25) is 0 Å². The fourth-order valence-electron chi connectivity index (χ4n) is 4.94. The number of ether oxygens (including phenoxy) is 2. The molecule has 0 unspecified atom stereocenters. The first-order valence-corrected chi connectivity index (χ1v) is 13.3. The molecule has 10 nitrogen and oxygen atoms in total. The Morgan fingerprint density at radius 2 is 1.93 bits per heavy atom. The molecule has 0 aliphatic carbocycles.